The second-order valence-electron chi connectivity index (χ2n) is 5.82. The summed E-state index contributed by atoms with van der Waals surface area (Å²) in [4.78, 5) is 10.9. The SMILES string of the molecule is CCCC(CC(=O)O)n1nnnc1CC(C)(C)C. The summed E-state index contributed by atoms with van der Waals surface area (Å²) in [5, 5.41) is 20.6. The fourth-order valence-corrected chi connectivity index (χ4v) is 1.93. The van der Waals surface area contributed by atoms with Crippen molar-refractivity contribution in [3.05, 3.63) is 5.82 Å². The van der Waals surface area contributed by atoms with Crippen molar-refractivity contribution in [3.8, 4) is 0 Å². The first-order chi connectivity index (χ1) is 8.33. The van der Waals surface area contributed by atoms with Gasteiger partial charge in [0.25, 0.3) is 0 Å². The van der Waals surface area contributed by atoms with Gasteiger partial charge in [0.2, 0.25) is 0 Å². The summed E-state index contributed by atoms with van der Waals surface area (Å²) in [6, 6.07) is -0.153. The number of carboxylic acids is 1. The van der Waals surface area contributed by atoms with Crippen LogP contribution >= 0.6 is 0 Å². The quantitative estimate of drug-likeness (QED) is 0.840. The Hall–Kier alpha value is -1.46. The highest BCUT2D eigenvalue weighted by Crippen LogP contribution is 2.23. The van der Waals surface area contributed by atoms with E-state index in [1.54, 1.807) is 4.68 Å². The van der Waals surface area contributed by atoms with Crippen LogP contribution in [0.15, 0.2) is 0 Å². The van der Waals surface area contributed by atoms with Crippen LogP contribution in [0, 0.1) is 5.41 Å². The van der Waals surface area contributed by atoms with E-state index in [1.165, 1.54) is 0 Å². The number of tetrazole rings is 1. The number of nitrogens with zero attached hydrogens (tertiary/aromatic N) is 4. The van der Waals surface area contributed by atoms with Gasteiger partial charge in [-0.05, 0) is 22.3 Å². The van der Waals surface area contributed by atoms with Crippen LogP contribution in [0.3, 0.4) is 0 Å². The van der Waals surface area contributed by atoms with Crippen LogP contribution in [-0.4, -0.2) is 31.3 Å². The van der Waals surface area contributed by atoms with Gasteiger partial charge in [0.15, 0.2) is 5.82 Å². The van der Waals surface area contributed by atoms with Gasteiger partial charge in [0.1, 0.15) is 0 Å². The maximum atomic E-state index is 10.9. The molecule has 102 valence electrons. The van der Waals surface area contributed by atoms with Crippen molar-refractivity contribution in [1.29, 1.82) is 0 Å². The summed E-state index contributed by atoms with van der Waals surface area (Å²) in [6.07, 6.45) is 2.48. The fraction of sp³-hybridized carbons (Fsp3) is 0.833. The minimum atomic E-state index is -0.814. The first-order valence-electron chi connectivity index (χ1n) is 6.32. The molecule has 0 aliphatic carbocycles. The Kier molecular flexibility index (Phi) is 4.81. The Balaban J connectivity index is 2.91. The molecule has 0 aliphatic heterocycles. The number of rotatable bonds is 6. The normalized spacial score (nSPS) is 13.6. The van der Waals surface area contributed by atoms with Gasteiger partial charge >= 0.3 is 5.97 Å². The molecule has 0 bridgehead atoms. The molecular formula is C12H22N4O2. The topological polar surface area (TPSA) is 80.9 Å². The first-order valence-corrected chi connectivity index (χ1v) is 6.32. The van der Waals surface area contributed by atoms with Crippen molar-refractivity contribution in [2.75, 3.05) is 0 Å². The van der Waals surface area contributed by atoms with E-state index in [0.29, 0.717) is 0 Å². The standard InChI is InChI=1S/C12H22N4O2/c1-5-6-9(7-11(17)18)16-10(13-14-15-16)8-12(2,3)4/h9H,5-8H2,1-4H3,(H,17,18). The lowest BCUT2D eigenvalue weighted by Gasteiger charge is -2.20. The highest BCUT2D eigenvalue weighted by molar-refractivity contribution is 5.67. The fourth-order valence-electron chi connectivity index (χ4n) is 1.93. The van der Waals surface area contributed by atoms with Gasteiger partial charge in [0.05, 0.1) is 12.5 Å². The Labute approximate surface area is 107 Å². The van der Waals surface area contributed by atoms with E-state index in [0.717, 1.165) is 25.1 Å². The Bertz CT molecular complexity index is 395. The minimum Gasteiger partial charge on any atom is -0.481 e. The van der Waals surface area contributed by atoms with Crippen LogP contribution < -0.4 is 0 Å². The maximum absolute atomic E-state index is 10.9. The number of aliphatic carboxylic acids is 1. The summed E-state index contributed by atoms with van der Waals surface area (Å²) < 4.78 is 1.68. The molecule has 1 unspecified atom stereocenters. The average molecular weight is 254 g/mol. The third-order valence-corrected chi connectivity index (χ3v) is 2.63. The van der Waals surface area contributed by atoms with E-state index in [-0.39, 0.29) is 17.9 Å². The first kappa shape index (κ1) is 14.6. The highest BCUT2D eigenvalue weighted by atomic mass is 16.4. The molecule has 0 saturated heterocycles. The molecule has 0 radical (unpaired) electrons. The zero-order chi connectivity index (χ0) is 13.8. The zero-order valence-corrected chi connectivity index (χ0v) is 11.6. The molecule has 6 heteroatoms. The molecule has 1 atom stereocenters. The van der Waals surface area contributed by atoms with Crippen LogP contribution in [0.4, 0.5) is 0 Å². The van der Waals surface area contributed by atoms with Crippen LogP contribution in [0.25, 0.3) is 0 Å². The van der Waals surface area contributed by atoms with Crippen LogP contribution in [0.5, 0.6) is 0 Å². The van der Waals surface area contributed by atoms with Crippen molar-refractivity contribution in [3.63, 3.8) is 0 Å². The van der Waals surface area contributed by atoms with Crippen molar-refractivity contribution in [2.24, 2.45) is 5.41 Å². The van der Waals surface area contributed by atoms with Gasteiger partial charge in [-0.15, -0.1) is 5.10 Å². The van der Waals surface area contributed by atoms with Crippen molar-refractivity contribution in [2.45, 2.75) is 59.4 Å². The summed E-state index contributed by atoms with van der Waals surface area (Å²) in [7, 11) is 0. The molecule has 0 aromatic carbocycles. The lowest BCUT2D eigenvalue weighted by molar-refractivity contribution is -0.138. The molecule has 0 saturated carbocycles. The van der Waals surface area contributed by atoms with Crippen LogP contribution in [-0.2, 0) is 11.2 Å². The largest absolute Gasteiger partial charge is 0.481 e. The lowest BCUT2D eigenvalue weighted by atomic mass is 9.92. The van der Waals surface area contributed by atoms with Gasteiger partial charge in [-0.25, -0.2) is 4.68 Å². The third-order valence-electron chi connectivity index (χ3n) is 2.63. The molecule has 18 heavy (non-hydrogen) atoms. The van der Waals surface area contributed by atoms with Crippen molar-refractivity contribution >= 4 is 5.97 Å². The van der Waals surface area contributed by atoms with E-state index in [2.05, 4.69) is 36.3 Å². The van der Waals surface area contributed by atoms with E-state index in [9.17, 15) is 4.79 Å². The monoisotopic (exact) mass is 254 g/mol. The minimum absolute atomic E-state index is 0.0655. The number of carbonyl (C=O) groups is 1. The maximum Gasteiger partial charge on any atom is 0.305 e. The average Bonchev–Trinajstić information content (AvgIpc) is 2.61. The molecule has 1 rings (SSSR count). The van der Waals surface area contributed by atoms with Gasteiger partial charge < -0.3 is 5.11 Å². The molecule has 1 heterocycles. The predicted octanol–water partition coefficient (Wildman–Crippen LogP) is 2.08. The third kappa shape index (κ3) is 4.43. The number of hydrogen-bond acceptors (Lipinski definition) is 4. The van der Waals surface area contributed by atoms with E-state index in [4.69, 9.17) is 5.11 Å². The summed E-state index contributed by atoms with van der Waals surface area (Å²) in [5.41, 5.74) is 0.0758. The van der Waals surface area contributed by atoms with Crippen molar-refractivity contribution in [1.82, 2.24) is 20.2 Å². The number of aromatic nitrogens is 4. The Morgan fingerprint density at radius 2 is 2.11 bits per heavy atom. The van der Waals surface area contributed by atoms with E-state index >= 15 is 0 Å². The molecule has 6 nitrogen and oxygen atoms in total. The van der Waals surface area contributed by atoms with E-state index in [1.807, 2.05) is 6.92 Å². The van der Waals surface area contributed by atoms with Gasteiger partial charge in [-0.3, -0.25) is 4.79 Å². The van der Waals surface area contributed by atoms with Gasteiger partial charge in [0, 0.05) is 6.42 Å². The van der Waals surface area contributed by atoms with Crippen LogP contribution in [0.1, 0.15) is 58.8 Å². The predicted molar refractivity (Wildman–Crippen MR) is 67.2 cm³/mol. The molecule has 0 aliphatic rings. The van der Waals surface area contributed by atoms with Crippen LogP contribution in [0.2, 0.25) is 0 Å². The molecule has 0 spiro atoms. The highest BCUT2D eigenvalue weighted by Gasteiger charge is 2.22. The molecule has 0 fully saturated rings. The van der Waals surface area contributed by atoms with E-state index < -0.39 is 5.97 Å². The lowest BCUT2D eigenvalue weighted by Crippen LogP contribution is -2.21. The second kappa shape index (κ2) is 5.93. The number of hydrogen-bond donors (Lipinski definition) is 1. The van der Waals surface area contributed by atoms with Gasteiger partial charge in [-0.2, -0.15) is 0 Å². The zero-order valence-electron chi connectivity index (χ0n) is 11.6. The smallest absolute Gasteiger partial charge is 0.305 e. The molecule has 1 N–H and O–H groups in total. The van der Waals surface area contributed by atoms with Gasteiger partial charge in [-0.1, -0.05) is 34.1 Å². The summed E-state index contributed by atoms with van der Waals surface area (Å²) >= 11 is 0. The molecule has 1 aromatic rings. The molecule has 0 amide bonds. The Morgan fingerprint density at radius 1 is 1.44 bits per heavy atom. The summed E-state index contributed by atoms with van der Waals surface area (Å²) in [6.45, 7) is 8.36. The Morgan fingerprint density at radius 3 is 2.61 bits per heavy atom. The molecule has 1 aromatic heterocycles. The number of carboxylic acid groups (broad SMARTS) is 1. The second-order valence-corrected chi connectivity index (χ2v) is 5.82. The molecular weight excluding hydrogens is 232 g/mol. The van der Waals surface area contributed by atoms with Crippen molar-refractivity contribution < 1.29 is 9.90 Å². The summed E-state index contributed by atoms with van der Waals surface area (Å²) in [5.74, 6) is -0.0483.